The third-order valence-electron chi connectivity index (χ3n) is 4.96. The van der Waals surface area contributed by atoms with E-state index >= 15 is 0 Å². The highest BCUT2D eigenvalue weighted by Gasteiger charge is 2.34. The number of aryl methyl sites for hydroxylation is 1. The summed E-state index contributed by atoms with van der Waals surface area (Å²) in [6.45, 7) is 3.86. The molecule has 3 aromatic rings. The summed E-state index contributed by atoms with van der Waals surface area (Å²) in [5.74, 6) is -0.0219. The van der Waals surface area contributed by atoms with E-state index in [0.717, 1.165) is 33.3 Å². The van der Waals surface area contributed by atoms with Crippen molar-refractivity contribution in [2.45, 2.75) is 32.7 Å². The number of aromatic nitrogens is 1. The van der Waals surface area contributed by atoms with Crippen LogP contribution in [0.2, 0.25) is 5.15 Å². The van der Waals surface area contributed by atoms with Gasteiger partial charge in [-0.15, -0.1) is 0 Å². The summed E-state index contributed by atoms with van der Waals surface area (Å²) in [6, 6.07) is 17.8. The molecule has 1 amide bonds. The van der Waals surface area contributed by atoms with Crippen molar-refractivity contribution in [1.82, 2.24) is 9.99 Å². The van der Waals surface area contributed by atoms with Gasteiger partial charge in [-0.25, -0.2) is 9.99 Å². The lowest BCUT2D eigenvalue weighted by Crippen LogP contribution is -2.26. The molecule has 0 saturated carbocycles. The number of hydrazone groups is 1. The van der Waals surface area contributed by atoms with Crippen molar-refractivity contribution in [3.63, 3.8) is 0 Å². The number of rotatable bonds is 3. The van der Waals surface area contributed by atoms with E-state index in [1.807, 2.05) is 68.4 Å². The topological polar surface area (TPSA) is 45.6 Å². The van der Waals surface area contributed by atoms with Crippen LogP contribution in [0.5, 0.6) is 0 Å². The third-order valence-corrected chi connectivity index (χ3v) is 5.27. The van der Waals surface area contributed by atoms with Crippen LogP contribution in [0.25, 0.3) is 10.9 Å². The number of amides is 1. The fourth-order valence-corrected chi connectivity index (χ4v) is 3.79. The standard InChI is InChI=1S/C22H20ClN3O/c1-3-20(27)26-19(13-18(25-26)15-9-5-4-6-10-15)17-12-16-11-7-8-14(2)21(16)24-22(17)23/h4-12,19H,3,13H2,1-2H3/t19-/m1/s1. The zero-order chi connectivity index (χ0) is 19.0. The molecule has 4 rings (SSSR count). The average molecular weight is 378 g/mol. The van der Waals surface area contributed by atoms with E-state index < -0.39 is 0 Å². The Balaban J connectivity index is 1.79. The van der Waals surface area contributed by atoms with Crippen molar-refractivity contribution in [2.75, 3.05) is 0 Å². The molecule has 5 heteroatoms. The van der Waals surface area contributed by atoms with Gasteiger partial charge in [0.05, 0.1) is 17.3 Å². The number of carbonyl (C=O) groups is 1. The van der Waals surface area contributed by atoms with Gasteiger partial charge in [-0.2, -0.15) is 5.10 Å². The molecule has 1 atom stereocenters. The van der Waals surface area contributed by atoms with Gasteiger partial charge in [0.25, 0.3) is 0 Å². The lowest BCUT2D eigenvalue weighted by Gasteiger charge is -2.22. The van der Waals surface area contributed by atoms with Crippen molar-refractivity contribution in [3.05, 3.63) is 76.4 Å². The summed E-state index contributed by atoms with van der Waals surface area (Å²) in [5, 5.41) is 7.67. The van der Waals surface area contributed by atoms with Gasteiger partial charge in [0, 0.05) is 23.8 Å². The number of hydrogen-bond acceptors (Lipinski definition) is 3. The molecular formula is C22H20ClN3O. The van der Waals surface area contributed by atoms with Crippen LogP contribution in [0.3, 0.4) is 0 Å². The van der Waals surface area contributed by atoms with Gasteiger partial charge in [0.15, 0.2) is 0 Å². The van der Waals surface area contributed by atoms with Crippen LogP contribution in [0.1, 0.15) is 42.5 Å². The van der Waals surface area contributed by atoms with Crippen LogP contribution < -0.4 is 0 Å². The molecule has 0 bridgehead atoms. The van der Waals surface area contributed by atoms with E-state index in [2.05, 4.69) is 10.1 Å². The van der Waals surface area contributed by atoms with Crippen molar-refractivity contribution in [1.29, 1.82) is 0 Å². The molecule has 27 heavy (non-hydrogen) atoms. The molecule has 1 aromatic heterocycles. The predicted octanol–water partition coefficient (Wildman–Crippen LogP) is 5.28. The lowest BCUT2D eigenvalue weighted by atomic mass is 9.98. The van der Waals surface area contributed by atoms with Crippen LogP contribution in [0.4, 0.5) is 0 Å². The summed E-state index contributed by atoms with van der Waals surface area (Å²) in [6.07, 6.45) is 1.01. The molecule has 0 saturated heterocycles. The van der Waals surface area contributed by atoms with Crippen molar-refractivity contribution >= 4 is 34.1 Å². The maximum atomic E-state index is 12.6. The van der Waals surface area contributed by atoms with Crippen LogP contribution >= 0.6 is 11.6 Å². The Labute approximate surface area is 163 Å². The molecule has 136 valence electrons. The summed E-state index contributed by atoms with van der Waals surface area (Å²) in [4.78, 5) is 17.2. The number of pyridine rings is 1. The Morgan fingerprint density at radius 1 is 1.19 bits per heavy atom. The highest BCUT2D eigenvalue weighted by molar-refractivity contribution is 6.30. The Morgan fingerprint density at radius 2 is 1.96 bits per heavy atom. The van der Waals surface area contributed by atoms with Crippen molar-refractivity contribution in [2.24, 2.45) is 5.10 Å². The quantitative estimate of drug-likeness (QED) is 0.582. The molecular weight excluding hydrogens is 358 g/mol. The van der Waals surface area contributed by atoms with Crippen LogP contribution in [-0.2, 0) is 4.79 Å². The smallest absolute Gasteiger partial charge is 0.242 e. The van der Waals surface area contributed by atoms with Gasteiger partial charge >= 0.3 is 0 Å². The summed E-state index contributed by atoms with van der Waals surface area (Å²) in [7, 11) is 0. The largest absolute Gasteiger partial charge is 0.273 e. The molecule has 2 aromatic carbocycles. The number of fused-ring (bicyclic) bond motifs is 1. The molecule has 0 N–H and O–H groups in total. The van der Waals surface area contributed by atoms with Crippen LogP contribution in [0.15, 0.2) is 59.7 Å². The first-order valence-corrected chi connectivity index (χ1v) is 9.47. The lowest BCUT2D eigenvalue weighted by molar-refractivity contribution is -0.132. The number of nitrogens with zero attached hydrogens (tertiary/aromatic N) is 3. The fourth-order valence-electron chi connectivity index (χ4n) is 3.52. The molecule has 0 radical (unpaired) electrons. The maximum Gasteiger partial charge on any atom is 0.242 e. The highest BCUT2D eigenvalue weighted by Crippen LogP contribution is 2.37. The average Bonchev–Trinajstić information content (AvgIpc) is 3.13. The van der Waals surface area contributed by atoms with E-state index in [4.69, 9.17) is 11.6 Å². The second kappa shape index (κ2) is 7.12. The van der Waals surface area contributed by atoms with Gasteiger partial charge in [0.2, 0.25) is 5.91 Å². The molecule has 1 aliphatic rings. The number of benzene rings is 2. The van der Waals surface area contributed by atoms with Crippen molar-refractivity contribution < 1.29 is 4.79 Å². The minimum Gasteiger partial charge on any atom is -0.273 e. The third kappa shape index (κ3) is 3.21. The van der Waals surface area contributed by atoms with E-state index in [1.165, 1.54) is 0 Å². The summed E-state index contributed by atoms with van der Waals surface area (Å²) >= 11 is 6.56. The second-order valence-electron chi connectivity index (χ2n) is 6.74. The Hall–Kier alpha value is -2.72. The van der Waals surface area contributed by atoms with E-state index in [0.29, 0.717) is 18.0 Å². The van der Waals surface area contributed by atoms with E-state index in [9.17, 15) is 4.79 Å². The second-order valence-corrected chi connectivity index (χ2v) is 7.10. The first-order chi connectivity index (χ1) is 13.1. The fraction of sp³-hybridized carbons (Fsp3) is 0.227. The Morgan fingerprint density at radius 3 is 2.70 bits per heavy atom. The number of carbonyl (C=O) groups excluding carboxylic acids is 1. The highest BCUT2D eigenvalue weighted by atomic mass is 35.5. The molecule has 1 aliphatic heterocycles. The monoisotopic (exact) mass is 377 g/mol. The number of para-hydroxylation sites is 1. The summed E-state index contributed by atoms with van der Waals surface area (Å²) < 4.78 is 0. The molecule has 0 unspecified atom stereocenters. The van der Waals surface area contributed by atoms with Crippen molar-refractivity contribution in [3.8, 4) is 0 Å². The predicted molar refractivity (Wildman–Crippen MR) is 109 cm³/mol. The minimum atomic E-state index is -0.238. The first kappa shape index (κ1) is 17.7. The van der Waals surface area contributed by atoms with Crippen LogP contribution in [-0.4, -0.2) is 21.6 Å². The number of hydrogen-bond donors (Lipinski definition) is 0. The SMILES string of the molecule is CCC(=O)N1N=C(c2ccccc2)C[C@@H]1c1cc2cccc(C)c2nc1Cl. The van der Waals surface area contributed by atoms with Gasteiger partial charge in [0.1, 0.15) is 5.15 Å². The zero-order valence-electron chi connectivity index (χ0n) is 15.3. The van der Waals surface area contributed by atoms with Crippen LogP contribution in [0, 0.1) is 6.92 Å². The molecule has 0 fully saturated rings. The van der Waals surface area contributed by atoms with Gasteiger partial charge in [-0.3, -0.25) is 4.79 Å². The van der Waals surface area contributed by atoms with Gasteiger partial charge in [-0.05, 0) is 24.1 Å². The molecule has 4 nitrogen and oxygen atoms in total. The first-order valence-electron chi connectivity index (χ1n) is 9.09. The van der Waals surface area contributed by atoms with E-state index in [-0.39, 0.29) is 11.9 Å². The molecule has 2 heterocycles. The molecule has 0 spiro atoms. The van der Waals surface area contributed by atoms with Gasteiger partial charge in [-0.1, -0.05) is 67.1 Å². The maximum absolute atomic E-state index is 12.6. The normalized spacial score (nSPS) is 16.6. The molecule has 0 aliphatic carbocycles. The van der Waals surface area contributed by atoms with Gasteiger partial charge < -0.3 is 0 Å². The zero-order valence-corrected chi connectivity index (χ0v) is 16.1. The number of halogens is 1. The minimum absolute atomic E-state index is 0.0219. The summed E-state index contributed by atoms with van der Waals surface area (Å²) in [5.41, 5.74) is 4.72. The Bertz CT molecular complexity index is 1050. The Kier molecular flexibility index (Phi) is 4.66. The van der Waals surface area contributed by atoms with E-state index in [1.54, 1.807) is 5.01 Å².